The Kier molecular flexibility index (Phi) is 8.41. The van der Waals surface area contributed by atoms with Crippen molar-refractivity contribution in [3.05, 3.63) is 58.5 Å². The Labute approximate surface area is 284 Å². The first kappa shape index (κ1) is 32.1. The first-order valence-electron chi connectivity index (χ1n) is 15.5. The van der Waals surface area contributed by atoms with E-state index in [-0.39, 0.29) is 66.3 Å². The van der Waals surface area contributed by atoms with Gasteiger partial charge in [-0.1, -0.05) is 17.7 Å². The number of rotatable bonds is 7. The van der Waals surface area contributed by atoms with E-state index in [4.69, 9.17) is 37.5 Å². The van der Waals surface area contributed by atoms with Crippen molar-refractivity contribution in [3.8, 4) is 23.2 Å². The van der Waals surface area contributed by atoms with Gasteiger partial charge in [0.25, 0.3) is 0 Å². The summed E-state index contributed by atoms with van der Waals surface area (Å²) in [5, 5.41) is 10.5. The van der Waals surface area contributed by atoms with Gasteiger partial charge in [0.2, 0.25) is 0 Å². The van der Waals surface area contributed by atoms with E-state index in [1.165, 1.54) is 18.3 Å². The molecule has 2 saturated heterocycles. The predicted octanol–water partition coefficient (Wildman–Crippen LogP) is 6.10. The zero-order valence-corrected chi connectivity index (χ0v) is 27.9. The lowest BCUT2D eigenvalue weighted by Crippen LogP contribution is -2.49. The number of thiophene rings is 1. The summed E-state index contributed by atoms with van der Waals surface area (Å²) in [4.78, 5) is 22.1. The largest absolute Gasteiger partial charge is 0.462 e. The Bertz CT molecular complexity index is 2110. The van der Waals surface area contributed by atoms with E-state index < -0.39 is 17.7 Å². The van der Waals surface area contributed by atoms with Crippen molar-refractivity contribution in [3.63, 3.8) is 0 Å². The number of halogens is 3. The molecule has 3 aromatic heterocycles. The topological polar surface area (TPSA) is 152 Å². The van der Waals surface area contributed by atoms with Crippen LogP contribution in [0.15, 0.2) is 30.6 Å². The molecule has 0 spiro atoms. The van der Waals surface area contributed by atoms with Gasteiger partial charge in [-0.25, -0.2) is 13.8 Å². The van der Waals surface area contributed by atoms with Crippen molar-refractivity contribution in [1.82, 2.24) is 24.8 Å². The maximum Gasteiger partial charge on any atom is 0.319 e. The minimum Gasteiger partial charge on any atom is -0.462 e. The van der Waals surface area contributed by atoms with Gasteiger partial charge in [-0.05, 0) is 44.4 Å². The van der Waals surface area contributed by atoms with Crippen LogP contribution in [0.25, 0.3) is 32.1 Å². The van der Waals surface area contributed by atoms with Crippen LogP contribution in [0, 0.1) is 23.0 Å². The second-order valence-corrected chi connectivity index (χ2v) is 13.6. The molecule has 11 nitrogen and oxygen atoms in total. The normalized spacial score (nSPS) is 20.1. The number of hydrogen-bond acceptors (Lipinski definition) is 12. The fourth-order valence-electron chi connectivity index (χ4n) is 6.76. The first-order valence-corrected chi connectivity index (χ1v) is 16.7. The van der Waals surface area contributed by atoms with Crippen LogP contribution >= 0.6 is 22.9 Å². The van der Waals surface area contributed by atoms with Crippen LogP contribution in [-0.2, 0) is 4.74 Å². The fraction of sp³-hybridized carbons (Fsp3) is 0.364. The van der Waals surface area contributed by atoms with Gasteiger partial charge in [-0.2, -0.15) is 15.2 Å². The number of anilines is 3. The molecule has 7 rings (SSSR count). The van der Waals surface area contributed by atoms with Gasteiger partial charge in [-0.3, -0.25) is 9.88 Å². The van der Waals surface area contributed by atoms with Crippen LogP contribution in [0.5, 0.6) is 6.01 Å². The third kappa shape index (κ3) is 5.40. The zero-order valence-electron chi connectivity index (χ0n) is 26.4. The van der Waals surface area contributed by atoms with E-state index in [0.29, 0.717) is 36.2 Å². The standard InChI is InChI=1S/C33H32ClF2N9O2S/c1-15-12-45-17(13-46-15)4-5-18(45)14-47-33-42-28-20(32(43-33)44(3)16(2)27-30(38)41-9-8-40-27)10-22(34)25(26(28)36)19-6-7-23(35)29-24(19)21(11-37)31(39)48-29/h6-10,15-18H,4-5,12-14,39H2,1-3H3,(H2,38,41)/t15-,16+,17+,18-/m0/s1. The van der Waals surface area contributed by atoms with Gasteiger partial charge in [-0.15, -0.1) is 11.3 Å². The number of benzene rings is 2. The van der Waals surface area contributed by atoms with Gasteiger partial charge >= 0.3 is 6.01 Å². The van der Waals surface area contributed by atoms with Gasteiger partial charge in [0.05, 0.1) is 34.0 Å². The molecule has 4 N–H and O–H groups in total. The zero-order chi connectivity index (χ0) is 33.9. The van der Waals surface area contributed by atoms with Gasteiger partial charge in [0, 0.05) is 54.4 Å². The summed E-state index contributed by atoms with van der Waals surface area (Å²) >= 11 is 7.76. The maximum absolute atomic E-state index is 17.0. The van der Waals surface area contributed by atoms with Crippen molar-refractivity contribution in [1.29, 1.82) is 5.26 Å². The molecule has 0 bridgehead atoms. The Hall–Kier alpha value is -4.42. The number of hydrogen-bond donors (Lipinski definition) is 2. The number of nitrogens with two attached hydrogens (primary N) is 2. The molecule has 2 aliphatic rings. The second kappa shape index (κ2) is 12.6. The molecule has 48 heavy (non-hydrogen) atoms. The molecule has 0 aliphatic carbocycles. The third-order valence-electron chi connectivity index (χ3n) is 9.33. The van der Waals surface area contributed by atoms with Crippen LogP contribution in [-0.4, -0.2) is 69.8 Å². The summed E-state index contributed by atoms with van der Waals surface area (Å²) in [6.45, 7) is 5.69. The maximum atomic E-state index is 17.0. The highest BCUT2D eigenvalue weighted by molar-refractivity contribution is 7.23. The Morgan fingerprint density at radius 1 is 1.23 bits per heavy atom. The average molecular weight is 692 g/mol. The van der Waals surface area contributed by atoms with Gasteiger partial charge < -0.3 is 25.8 Å². The minimum atomic E-state index is -0.782. The summed E-state index contributed by atoms with van der Waals surface area (Å²) in [5.41, 5.74) is 12.9. The molecule has 5 aromatic rings. The average Bonchev–Trinajstić information content (AvgIpc) is 3.64. The number of nitriles is 1. The van der Waals surface area contributed by atoms with E-state index in [2.05, 4.69) is 26.8 Å². The van der Waals surface area contributed by atoms with E-state index in [1.807, 2.05) is 13.0 Å². The molecule has 2 aliphatic heterocycles. The molecule has 15 heteroatoms. The molecule has 5 heterocycles. The van der Waals surface area contributed by atoms with Crippen LogP contribution < -0.4 is 21.1 Å². The molecule has 0 saturated carbocycles. The van der Waals surface area contributed by atoms with E-state index in [1.54, 1.807) is 24.2 Å². The summed E-state index contributed by atoms with van der Waals surface area (Å²) in [6.07, 6.45) is 5.07. The monoisotopic (exact) mass is 691 g/mol. The van der Waals surface area contributed by atoms with E-state index >= 15 is 4.39 Å². The quantitative estimate of drug-likeness (QED) is 0.204. The van der Waals surface area contributed by atoms with Crippen LogP contribution in [0.3, 0.4) is 0 Å². The predicted molar refractivity (Wildman–Crippen MR) is 182 cm³/mol. The van der Waals surface area contributed by atoms with Gasteiger partial charge in [0.15, 0.2) is 5.82 Å². The molecule has 2 fully saturated rings. The summed E-state index contributed by atoms with van der Waals surface area (Å²) < 4.78 is 44.1. The van der Waals surface area contributed by atoms with Crippen LogP contribution in [0.4, 0.5) is 25.4 Å². The lowest BCUT2D eigenvalue weighted by Gasteiger charge is -2.37. The SMILES string of the molecule is C[C@H](c1nccnc1N)N(C)c1nc(OC[C@@H]2CC[C@@H]3CO[C@@H](C)CN32)nc2c(F)c(-c3ccc(F)c4sc(N)c(C#N)c34)c(Cl)cc12. The van der Waals surface area contributed by atoms with E-state index in [0.717, 1.165) is 30.7 Å². The Morgan fingerprint density at radius 3 is 2.79 bits per heavy atom. The highest BCUT2D eigenvalue weighted by Crippen LogP contribution is 2.46. The number of ether oxygens (including phenoxy) is 2. The first-order chi connectivity index (χ1) is 23.1. The van der Waals surface area contributed by atoms with Crippen molar-refractivity contribution in [2.75, 3.05) is 43.2 Å². The smallest absolute Gasteiger partial charge is 0.319 e. The summed E-state index contributed by atoms with van der Waals surface area (Å²) in [6, 6.07) is 6.16. The lowest BCUT2D eigenvalue weighted by atomic mass is 9.97. The van der Waals surface area contributed by atoms with Crippen molar-refractivity contribution < 1.29 is 18.3 Å². The van der Waals surface area contributed by atoms with Crippen molar-refractivity contribution in [2.45, 2.75) is 50.9 Å². The molecule has 2 aromatic carbocycles. The van der Waals surface area contributed by atoms with Crippen LogP contribution in [0.1, 0.15) is 44.0 Å². The number of nitrogen functional groups attached to an aromatic ring is 2. The lowest BCUT2D eigenvalue weighted by molar-refractivity contribution is -0.0556. The second-order valence-electron chi connectivity index (χ2n) is 12.2. The third-order valence-corrected chi connectivity index (χ3v) is 10.7. The molecule has 0 radical (unpaired) electrons. The Morgan fingerprint density at radius 2 is 2.02 bits per heavy atom. The molecule has 4 atom stereocenters. The molecular weight excluding hydrogens is 660 g/mol. The highest BCUT2D eigenvalue weighted by atomic mass is 35.5. The summed E-state index contributed by atoms with van der Waals surface area (Å²) in [7, 11) is 1.78. The number of fused-ring (bicyclic) bond motifs is 3. The van der Waals surface area contributed by atoms with Gasteiger partial charge in [0.1, 0.15) is 46.3 Å². The molecule has 0 unspecified atom stereocenters. The minimum absolute atomic E-state index is 0.0126. The van der Waals surface area contributed by atoms with E-state index in [9.17, 15) is 9.65 Å². The number of nitrogens with zero attached hydrogens (tertiary/aromatic N) is 7. The molecule has 248 valence electrons. The van der Waals surface area contributed by atoms with Crippen molar-refractivity contribution >= 4 is 60.6 Å². The molecule has 0 amide bonds. The Balaban J connectivity index is 1.37. The highest BCUT2D eigenvalue weighted by Gasteiger charge is 2.38. The number of morpholine rings is 1. The van der Waals surface area contributed by atoms with Crippen LogP contribution in [0.2, 0.25) is 5.02 Å². The molecular formula is C33H32ClF2N9O2S. The summed E-state index contributed by atoms with van der Waals surface area (Å²) in [5.74, 6) is -0.786. The number of aromatic nitrogens is 4. The fourth-order valence-corrected chi connectivity index (χ4v) is 8.01. The van der Waals surface area contributed by atoms with Crippen molar-refractivity contribution in [2.24, 2.45) is 0 Å².